The van der Waals surface area contributed by atoms with Crippen LogP contribution < -0.4 is 14.9 Å². The van der Waals surface area contributed by atoms with Crippen LogP contribution in [0.15, 0.2) is 46.8 Å². The molecule has 0 atom stereocenters. The number of fused-ring (bicyclic) bond motifs is 1. The van der Waals surface area contributed by atoms with Gasteiger partial charge < -0.3 is 14.6 Å². The molecule has 31 heavy (non-hydrogen) atoms. The largest absolute Gasteiger partial charge is 0.482 e. The zero-order valence-corrected chi connectivity index (χ0v) is 18.8. The van der Waals surface area contributed by atoms with Gasteiger partial charge in [-0.15, -0.1) is 11.3 Å². The van der Waals surface area contributed by atoms with Crippen molar-refractivity contribution in [3.8, 4) is 17.0 Å². The Kier molecular flexibility index (Phi) is 5.40. The van der Waals surface area contributed by atoms with E-state index in [9.17, 15) is 4.79 Å². The highest BCUT2D eigenvalue weighted by Gasteiger charge is 2.22. The molecule has 0 radical (unpaired) electrons. The van der Waals surface area contributed by atoms with E-state index in [2.05, 4.69) is 53.4 Å². The fraction of sp³-hybridized carbons (Fsp3) is 0.360. The molecule has 1 N–H and O–H groups in total. The van der Waals surface area contributed by atoms with Gasteiger partial charge in [0.25, 0.3) is 5.91 Å². The smallest absolute Gasteiger partial charge is 0.262 e. The van der Waals surface area contributed by atoms with Crippen LogP contribution in [0.1, 0.15) is 49.3 Å². The van der Waals surface area contributed by atoms with E-state index in [0.29, 0.717) is 6.04 Å². The molecule has 3 aromatic rings. The number of anilines is 1. The number of rotatable bonds is 3. The van der Waals surface area contributed by atoms with Crippen LogP contribution >= 0.6 is 11.3 Å². The van der Waals surface area contributed by atoms with Gasteiger partial charge in [0.2, 0.25) is 0 Å². The maximum atomic E-state index is 11.8. The molecule has 1 aliphatic heterocycles. The first kappa shape index (κ1) is 20.1. The maximum Gasteiger partial charge on any atom is 0.262 e. The summed E-state index contributed by atoms with van der Waals surface area (Å²) in [5.41, 5.74) is 6.43. The molecule has 5 nitrogen and oxygen atoms in total. The van der Waals surface area contributed by atoms with Crippen molar-refractivity contribution in [2.24, 2.45) is 4.99 Å². The lowest BCUT2D eigenvalue weighted by molar-refractivity contribution is -0.118. The summed E-state index contributed by atoms with van der Waals surface area (Å²) in [6.45, 7) is 4.31. The van der Waals surface area contributed by atoms with Crippen LogP contribution in [0.25, 0.3) is 11.3 Å². The Hall–Kier alpha value is -2.86. The molecule has 0 bridgehead atoms. The number of aromatic nitrogens is 1. The van der Waals surface area contributed by atoms with E-state index in [1.165, 1.54) is 43.2 Å². The first-order valence-corrected chi connectivity index (χ1v) is 11.8. The Balaban J connectivity index is 1.64. The van der Waals surface area contributed by atoms with Crippen molar-refractivity contribution in [1.82, 2.24) is 4.57 Å². The number of carbonyl (C=O) groups is 1. The molecular formula is C25H27N3O2S. The molecule has 2 heterocycles. The normalized spacial score (nSPS) is 17.2. The Bertz CT molecular complexity index is 1180. The Morgan fingerprint density at radius 1 is 1.06 bits per heavy atom. The Morgan fingerprint density at radius 3 is 2.61 bits per heavy atom. The lowest BCUT2D eigenvalue weighted by Crippen LogP contribution is -2.25. The molecule has 2 aliphatic rings. The van der Waals surface area contributed by atoms with Gasteiger partial charge >= 0.3 is 0 Å². The predicted molar refractivity (Wildman–Crippen MR) is 125 cm³/mol. The molecule has 6 heteroatoms. The number of nitrogens with one attached hydrogen (secondary N) is 1. The van der Waals surface area contributed by atoms with Gasteiger partial charge in [0.1, 0.15) is 5.75 Å². The molecule has 1 aliphatic carbocycles. The molecule has 1 fully saturated rings. The molecule has 0 spiro atoms. The number of thiazole rings is 1. The molecular weight excluding hydrogens is 406 g/mol. The van der Waals surface area contributed by atoms with E-state index in [-0.39, 0.29) is 12.5 Å². The monoisotopic (exact) mass is 433 g/mol. The van der Waals surface area contributed by atoms with Crippen LogP contribution in [0.5, 0.6) is 5.75 Å². The van der Waals surface area contributed by atoms with Crippen molar-refractivity contribution in [2.75, 3.05) is 11.9 Å². The Labute approximate surface area is 186 Å². The summed E-state index contributed by atoms with van der Waals surface area (Å²) in [5.74, 6) is 0.614. The van der Waals surface area contributed by atoms with Crippen molar-refractivity contribution >= 4 is 28.6 Å². The highest BCUT2D eigenvalue weighted by Crippen LogP contribution is 2.36. The van der Waals surface area contributed by atoms with Crippen molar-refractivity contribution in [3.63, 3.8) is 0 Å². The number of amides is 1. The Morgan fingerprint density at radius 2 is 1.84 bits per heavy atom. The van der Waals surface area contributed by atoms with E-state index in [4.69, 9.17) is 9.73 Å². The molecule has 0 unspecified atom stereocenters. The zero-order valence-electron chi connectivity index (χ0n) is 18.0. The average molecular weight is 434 g/mol. The van der Waals surface area contributed by atoms with Crippen LogP contribution in [-0.4, -0.2) is 17.1 Å². The summed E-state index contributed by atoms with van der Waals surface area (Å²) in [5, 5.41) is 5.13. The van der Waals surface area contributed by atoms with E-state index >= 15 is 0 Å². The molecule has 1 saturated carbocycles. The van der Waals surface area contributed by atoms with Gasteiger partial charge in [0.15, 0.2) is 11.4 Å². The summed E-state index contributed by atoms with van der Waals surface area (Å²) in [4.78, 5) is 17.9. The summed E-state index contributed by atoms with van der Waals surface area (Å²) < 4.78 is 7.97. The van der Waals surface area contributed by atoms with E-state index in [0.717, 1.165) is 33.2 Å². The maximum absolute atomic E-state index is 11.8. The van der Waals surface area contributed by atoms with Crippen LogP contribution in [-0.2, 0) is 4.79 Å². The van der Waals surface area contributed by atoms with Gasteiger partial charge in [0, 0.05) is 17.0 Å². The SMILES string of the molecule is Cc1cc(C)cc(N=c2scc(-c3ccc4c(c3)NC(=O)CO4)n2C2CCCCC2)c1. The van der Waals surface area contributed by atoms with E-state index in [1.807, 2.05) is 12.1 Å². The second-order valence-corrected chi connectivity index (χ2v) is 9.41. The van der Waals surface area contributed by atoms with E-state index in [1.54, 1.807) is 11.3 Å². The topological polar surface area (TPSA) is 55.6 Å². The van der Waals surface area contributed by atoms with Crippen LogP contribution in [0, 0.1) is 13.8 Å². The minimum atomic E-state index is -0.111. The van der Waals surface area contributed by atoms with Crippen LogP contribution in [0.3, 0.4) is 0 Å². The first-order valence-electron chi connectivity index (χ1n) is 11.0. The first-order chi connectivity index (χ1) is 15.1. The number of hydrogen-bond donors (Lipinski definition) is 1. The van der Waals surface area contributed by atoms with Crippen LogP contribution in [0.4, 0.5) is 11.4 Å². The number of carbonyl (C=O) groups excluding carboxylic acids is 1. The fourth-order valence-electron chi connectivity index (χ4n) is 4.67. The minimum Gasteiger partial charge on any atom is -0.482 e. The minimum absolute atomic E-state index is 0.0752. The predicted octanol–water partition coefficient (Wildman–Crippen LogP) is 5.90. The number of aryl methyl sites for hydroxylation is 2. The number of hydrogen-bond acceptors (Lipinski definition) is 4. The lowest BCUT2D eigenvalue weighted by Gasteiger charge is -2.26. The van der Waals surface area contributed by atoms with Crippen LogP contribution in [0.2, 0.25) is 0 Å². The molecule has 5 rings (SSSR count). The number of ether oxygens (including phenoxy) is 1. The van der Waals surface area contributed by atoms with Gasteiger partial charge in [-0.2, -0.15) is 0 Å². The second-order valence-electron chi connectivity index (χ2n) is 8.57. The standard InChI is InChI=1S/C25H27N3O2S/c1-16-10-17(2)12-19(11-16)26-25-28(20-6-4-3-5-7-20)22(15-31-25)18-8-9-23-21(13-18)27-24(29)14-30-23/h8-13,15,20H,3-7,14H2,1-2H3,(H,27,29). The quantitative estimate of drug-likeness (QED) is 0.559. The van der Waals surface area contributed by atoms with Gasteiger partial charge in [0.05, 0.1) is 17.1 Å². The van der Waals surface area contributed by atoms with Gasteiger partial charge in [-0.05, 0) is 68.1 Å². The van der Waals surface area contributed by atoms with Crippen molar-refractivity contribution in [1.29, 1.82) is 0 Å². The third kappa shape index (κ3) is 4.17. The molecule has 1 amide bonds. The van der Waals surface area contributed by atoms with Crippen molar-refractivity contribution < 1.29 is 9.53 Å². The molecule has 160 valence electrons. The summed E-state index contributed by atoms with van der Waals surface area (Å²) in [6, 6.07) is 13.0. The molecule has 2 aromatic carbocycles. The number of nitrogens with zero attached hydrogens (tertiary/aromatic N) is 2. The third-order valence-electron chi connectivity index (χ3n) is 6.02. The van der Waals surface area contributed by atoms with Gasteiger partial charge in [-0.1, -0.05) is 25.3 Å². The lowest BCUT2D eigenvalue weighted by atomic mass is 9.95. The molecule has 0 saturated heterocycles. The highest BCUT2D eigenvalue weighted by atomic mass is 32.1. The second kappa shape index (κ2) is 8.35. The number of benzene rings is 2. The summed E-state index contributed by atoms with van der Waals surface area (Å²) in [7, 11) is 0. The summed E-state index contributed by atoms with van der Waals surface area (Å²) in [6.07, 6.45) is 6.17. The van der Waals surface area contributed by atoms with Crippen molar-refractivity contribution in [2.45, 2.75) is 52.0 Å². The van der Waals surface area contributed by atoms with Gasteiger partial charge in [-0.25, -0.2) is 4.99 Å². The zero-order chi connectivity index (χ0) is 21.4. The third-order valence-corrected chi connectivity index (χ3v) is 6.86. The van der Waals surface area contributed by atoms with E-state index < -0.39 is 0 Å². The average Bonchev–Trinajstić information content (AvgIpc) is 3.16. The highest BCUT2D eigenvalue weighted by molar-refractivity contribution is 7.07. The van der Waals surface area contributed by atoms with Gasteiger partial charge in [-0.3, -0.25) is 4.79 Å². The summed E-state index contributed by atoms with van der Waals surface area (Å²) >= 11 is 1.69. The fourth-order valence-corrected chi connectivity index (χ4v) is 5.66. The van der Waals surface area contributed by atoms with Crippen molar-refractivity contribution in [3.05, 3.63) is 57.7 Å². The molecule has 1 aromatic heterocycles.